The van der Waals surface area contributed by atoms with Crippen LogP contribution in [0.3, 0.4) is 0 Å². The lowest BCUT2D eigenvalue weighted by Crippen LogP contribution is -2.38. The fourth-order valence-corrected chi connectivity index (χ4v) is 3.35. The van der Waals surface area contributed by atoms with Gasteiger partial charge in [-0.25, -0.2) is 0 Å². The second-order valence-electron chi connectivity index (χ2n) is 6.57. The largest absolute Gasteiger partial charge is 0.461 e. The van der Waals surface area contributed by atoms with E-state index in [4.69, 9.17) is 4.74 Å². The second-order valence-corrected chi connectivity index (χ2v) is 7.36. The Labute approximate surface area is 166 Å². The van der Waals surface area contributed by atoms with E-state index in [2.05, 4.69) is 22.9 Å². The molecule has 26 heavy (non-hydrogen) atoms. The highest BCUT2D eigenvalue weighted by molar-refractivity contribution is 9.09. The van der Waals surface area contributed by atoms with Crippen LogP contribution in [0.1, 0.15) is 64.0 Å². The Morgan fingerprint density at radius 1 is 1.31 bits per heavy atom. The topological polar surface area (TPSA) is 46.6 Å². The van der Waals surface area contributed by atoms with Crippen molar-refractivity contribution < 1.29 is 14.3 Å². The van der Waals surface area contributed by atoms with Crippen molar-refractivity contribution in [3.8, 4) is 0 Å². The molecule has 1 aliphatic rings. The summed E-state index contributed by atoms with van der Waals surface area (Å²) in [6, 6.07) is 5.92. The number of benzene rings is 1. The Kier molecular flexibility index (Phi) is 10.6. The number of esters is 1. The normalized spacial score (nSPS) is 16.7. The zero-order valence-electron chi connectivity index (χ0n) is 16.5. The third-order valence-corrected chi connectivity index (χ3v) is 4.95. The van der Waals surface area contributed by atoms with Gasteiger partial charge in [0.2, 0.25) is 5.91 Å². The highest BCUT2D eigenvalue weighted by atomic mass is 79.9. The Morgan fingerprint density at radius 2 is 2.04 bits per heavy atom. The van der Waals surface area contributed by atoms with Gasteiger partial charge in [0.15, 0.2) is 0 Å². The first-order valence-electron chi connectivity index (χ1n) is 9.62. The molecule has 146 valence electrons. The molecular formula is C21H32BrNO3. The quantitative estimate of drug-likeness (QED) is 0.334. The first kappa shape index (κ1) is 22.7. The van der Waals surface area contributed by atoms with Gasteiger partial charge in [-0.3, -0.25) is 9.59 Å². The summed E-state index contributed by atoms with van der Waals surface area (Å²) in [5, 5.41) is 0.912. The average molecular weight is 426 g/mol. The van der Waals surface area contributed by atoms with Gasteiger partial charge in [0.05, 0.1) is 0 Å². The van der Waals surface area contributed by atoms with Crippen LogP contribution in [-0.2, 0) is 20.9 Å². The van der Waals surface area contributed by atoms with Crippen LogP contribution in [0, 0.1) is 12.8 Å². The summed E-state index contributed by atoms with van der Waals surface area (Å²) >= 11 is 3.35. The van der Waals surface area contributed by atoms with E-state index in [1.54, 1.807) is 0 Å². The van der Waals surface area contributed by atoms with E-state index in [0.29, 0.717) is 25.4 Å². The fourth-order valence-electron chi connectivity index (χ4n) is 2.95. The van der Waals surface area contributed by atoms with Gasteiger partial charge >= 0.3 is 5.97 Å². The summed E-state index contributed by atoms with van der Waals surface area (Å²) < 4.78 is 5.32. The number of hydrogen-bond donors (Lipinski definition) is 0. The number of aryl methyl sites for hydroxylation is 1. The lowest BCUT2D eigenvalue weighted by molar-refractivity contribution is -0.145. The van der Waals surface area contributed by atoms with E-state index in [1.807, 2.05) is 43.9 Å². The molecule has 1 aliphatic heterocycles. The van der Waals surface area contributed by atoms with E-state index in [1.165, 1.54) is 0 Å². The number of nitrogens with zero attached hydrogens (tertiary/aromatic N) is 1. The van der Waals surface area contributed by atoms with Crippen molar-refractivity contribution in [1.29, 1.82) is 0 Å². The highest BCUT2D eigenvalue weighted by Crippen LogP contribution is 2.27. The predicted molar refractivity (Wildman–Crippen MR) is 111 cm³/mol. The number of piperidine rings is 1. The monoisotopic (exact) mass is 425 g/mol. The molecule has 1 aromatic carbocycles. The molecule has 0 bridgehead atoms. The van der Waals surface area contributed by atoms with Gasteiger partial charge < -0.3 is 9.64 Å². The highest BCUT2D eigenvalue weighted by Gasteiger charge is 2.25. The van der Waals surface area contributed by atoms with Gasteiger partial charge in [-0.1, -0.05) is 48.8 Å². The van der Waals surface area contributed by atoms with E-state index in [9.17, 15) is 9.59 Å². The van der Waals surface area contributed by atoms with E-state index in [-0.39, 0.29) is 11.9 Å². The molecule has 5 heteroatoms. The van der Waals surface area contributed by atoms with Crippen LogP contribution in [0.15, 0.2) is 18.2 Å². The Morgan fingerprint density at radius 3 is 2.65 bits per heavy atom. The molecule has 1 saturated heterocycles. The molecule has 1 amide bonds. The molecule has 1 aromatic rings. The number of halogens is 1. The summed E-state index contributed by atoms with van der Waals surface area (Å²) in [7, 11) is 0. The molecule has 1 fully saturated rings. The average Bonchev–Trinajstić information content (AvgIpc) is 2.63. The summed E-state index contributed by atoms with van der Waals surface area (Å²) in [6.07, 6.45) is 3.94. The Hall–Kier alpha value is -1.36. The van der Waals surface area contributed by atoms with Gasteiger partial charge in [0.25, 0.3) is 0 Å². The lowest BCUT2D eigenvalue weighted by atomic mass is 9.97. The Balaban J connectivity index is 0.00000163. The maximum atomic E-state index is 12.2. The Bertz CT molecular complexity index is 589. The minimum absolute atomic E-state index is 0.155. The molecule has 2 rings (SSSR count). The molecule has 0 saturated carbocycles. The molecule has 0 radical (unpaired) electrons. The zero-order chi connectivity index (χ0) is 19.5. The van der Waals surface area contributed by atoms with Crippen molar-refractivity contribution in [2.24, 2.45) is 5.92 Å². The van der Waals surface area contributed by atoms with Gasteiger partial charge in [-0.15, -0.1) is 0 Å². The van der Waals surface area contributed by atoms with Crippen LogP contribution < -0.4 is 4.90 Å². The maximum absolute atomic E-state index is 12.2. The van der Waals surface area contributed by atoms with Crippen LogP contribution in [0.4, 0.5) is 5.69 Å². The number of carbonyl (C=O) groups excluding carboxylic acids is 2. The van der Waals surface area contributed by atoms with Gasteiger partial charge in [-0.05, 0) is 49.3 Å². The van der Waals surface area contributed by atoms with Gasteiger partial charge in [-0.2, -0.15) is 0 Å². The summed E-state index contributed by atoms with van der Waals surface area (Å²) in [4.78, 5) is 25.8. The van der Waals surface area contributed by atoms with Crippen molar-refractivity contribution in [2.75, 3.05) is 16.8 Å². The molecular weight excluding hydrogens is 394 g/mol. The van der Waals surface area contributed by atoms with E-state index >= 15 is 0 Å². The smallest absolute Gasteiger partial charge is 0.306 e. The minimum Gasteiger partial charge on any atom is -0.461 e. The van der Waals surface area contributed by atoms with Crippen LogP contribution in [0.2, 0.25) is 0 Å². The number of anilines is 1. The predicted octanol–water partition coefficient (Wildman–Crippen LogP) is 5.39. The van der Waals surface area contributed by atoms with Crippen LogP contribution >= 0.6 is 15.9 Å². The molecule has 1 unspecified atom stereocenters. The summed E-state index contributed by atoms with van der Waals surface area (Å²) in [5.41, 5.74) is 2.98. The van der Waals surface area contributed by atoms with Crippen LogP contribution in [0.5, 0.6) is 0 Å². The maximum Gasteiger partial charge on any atom is 0.306 e. The lowest BCUT2D eigenvalue weighted by Gasteiger charge is -2.31. The first-order chi connectivity index (χ1) is 12.5. The van der Waals surface area contributed by atoms with Crippen molar-refractivity contribution >= 4 is 33.5 Å². The zero-order valence-corrected chi connectivity index (χ0v) is 18.1. The van der Waals surface area contributed by atoms with Crippen molar-refractivity contribution in [2.45, 2.75) is 66.4 Å². The number of amides is 1. The summed E-state index contributed by atoms with van der Waals surface area (Å²) in [5.74, 6) is 0.512. The van der Waals surface area contributed by atoms with Gasteiger partial charge in [0.1, 0.15) is 6.61 Å². The minimum atomic E-state index is -0.155. The third kappa shape index (κ3) is 7.10. The van der Waals surface area contributed by atoms with Crippen molar-refractivity contribution in [3.05, 3.63) is 29.3 Å². The molecule has 1 atom stereocenters. The first-order valence-corrected chi connectivity index (χ1v) is 10.7. The fraction of sp³-hybridized carbons (Fsp3) is 0.619. The van der Waals surface area contributed by atoms with Gasteiger partial charge in [0, 0.05) is 30.4 Å². The number of rotatable bonds is 7. The van der Waals surface area contributed by atoms with Crippen LogP contribution in [-0.4, -0.2) is 23.8 Å². The standard InChI is InChI=1S/C19H26BrNO3.C2H6/c1-14-8-10-21(18(22)11-14)17-7-6-16(12-15(17)2)13-24-19(23)5-3-4-9-20;1-2/h6-7,12,14H,3-5,8-11,13H2,1-2H3;1-2H3. The molecule has 1 heterocycles. The van der Waals surface area contributed by atoms with Crippen molar-refractivity contribution in [3.63, 3.8) is 0 Å². The number of unbranched alkanes of at least 4 members (excludes halogenated alkanes) is 1. The number of ether oxygens (including phenoxy) is 1. The number of carbonyl (C=O) groups is 2. The second kappa shape index (κ2) is 12.1. The molecule has 0 aromatic heterocycles. The molecule has 0 spiro atoms. The molecule has 4 nitrogen and oxygen atoms in total. The van der Waals surface area contributed by atoms with Crippen molar-refractivity contribution in [1.82, 2.24) is 0 Å². The SMILES string of the molecule is CC.Cc1cc(COC(=O)CCCCBr)ccc1N1CCC(C)CC1=O. The molecule has 0 N–H and O–H groups in total. The number of hydrogen-bond acceptors (Lipinski definition) is 3. The van der Waals surface area contributed by atoms with E-state index < -0.39 is 0 Å². The van der Waals surface area contributed by atoms with Crippen LogP contribution in [0.25, 0.3) is 0 Å². The third-order valence-electron chi connectivity index (χ3n) is 4.39. The summed E-state index contributed by atoms with van der Waals surface area (Å²) in [6.45, 7) is 9.20. The van der Waals surface area contributed by atoms with E-state index in [0.717, 1.165) is 48.0 Å². The molecule has 0 aliphatic carbocycles. The number of alkyl halides is 1.